The van der Waals surface area contributed by atoms with Crippen LogP contribution in [0.1, 0.15) is 45.0 Å². The number of nitrogens with two attached hydrogens (primary N) is 1. The van der Waals surface area contributed by atoms with Crippen molar-refractivity contribution in [3.8, 4) is 0 Å². The molecule has 0 spiro atoms. The Morgan fingerprint density at radius 2 is 1.85 bits per heavy atom. The van der Waals surface area contributed by atoms with Crippen molar-refractivity contribution in [1.29, 1.82) is 0 Å². The van der Waals surface area contributed by atoms with Crippen molar-refractivity contribution < 1.29 is 0 Å². The highest BCUT2D eigenvalue weighted by Gasteiger charge is 2.36. The van der Waals surface area contributed by atoms with Crippen molar-refractivity contribution in [2.75, 3.05) is 14.1 Å². The molecule has 1 aromatic heterocycles. The molecule has 4 nitrogen and oxygen atoms in total. The molecular weight excluding hydrogens is 316 g/mol. The molecule has 1 heterocycles. The van der Waals surface area contributed by atoms with E-state index in [-0.39, 0.29) is 11.6 Å². The third-order valence-electron chi connectivity index (χ3n) is 4.72. The number of aromatic nitrogens is 2. The van der Waals surface area contributed by atoms with E-state index in [0.29, 0.717) is 0 Å². The SMILES string of the molecule is CCc1nn(C)c(CC(N)C(CC)(CC)N(C)C)c1Br. The molecule has 1 unspecified atom stereocenters. The second-order valence-electron chi connectivity index (χ2n) is 5.70. The first-order valence-corrected chi connectivity index (χ1v) is 8.26. The number of aryl methyl sites for hydroxylation is 2. The minimum Gasteiger partial charge on any atom is -0.326 e. The van der Waals surface area contributed by atoms with E-state index in [4.69, 9.17) is 5.73 Å². The van der Waals surface area contributed by atoms with Gasteiger partial charge in [-0.15, -0.1) is 0 Å². The van der Waals surface area contributed by atoms with Gasteiger partial charge in [-0.1, -0.05) is 20.8 Å². The van der Waals surface area contributed by atoms with Crippen LogP contribution >= 0.6 is 15.9 Å². The average Bonchev–Trinajstić information content (AvgIpc) is 2.68. The summed E-state index contributed by atoms with van der Waals surface area (Å²) in [4.78, 5) is 2.28. The van der Waals surface area contributed by atoms with E-state index >= 15 is 0 Å². The minimum absolute atomic E-state index is 0.0378. The van der Waals surface area contributed by atoms with Gasteiger partial charge in [-0.25, -0.2) is 0 Å². The molecule has 2 N–H and O–H groups in total. The Balaban J connectivity index is 3.05. The highest BCUT2D eigenvalue weighted by Crippen LogP contribution is 2.29. The van der Waals surface area contributed by atoms with Crippen molar-refractivity contribution in [2.24, 2.45) is 12.8 Å². The molecule has 5 heteroatoms. The number of halogens is 1. The fourth-order valence-corrected chi connectivity index (χ4v) is 3.96. The smallest absolute Gasteiger partial charge is 0.0766 e. The van der Waals surface area contributed by atoms with Crippen LogP contribution < -0.4 is 5.73 Å². The van der Waals surface area contributed by atoms with Crippen molar-refractivity contribution in [3.05, 3.63) is 15.9 Å². The Morgan fingerprint density at radius 1 is 1.30 bits per heavy atom. The van der Waals surface area contributed by atoms with Crippen molar-refractivity contribution in [2.45, 2.75) is 58.0 Å². The maximum absolute atomic E-state index is 6.59. The lowest BCUT2D eigenvalue weighted by atomic mass is 9.81. The van der Waals surface area contributed by atoms with E-state index in [1.807, 2.05) is 11.7 Å². The number of hydrogen-bond acceptors (Lipinski definition) is 3. The van der Waals surface area contributed by atoms with E-state index in [0.717, 1.165) is 35.8 Å². The van der Waals surface area contributed by atoms with Gasteiger partial charge in [0, 0.05) is 25.0 Å². The van der Waals surface area contributed by atoms with Gasteiger partial charge in [0.2, 0.25) is 0 Å². The maximum Gasteiger partial charge on any atom is 0.0766 e. The maximum atomic E-state index is 6.59. The van der Waals surface area contributed by atoms with Gasteiger partial charge >= 0.3 is 0 Å². The van der Waals surface area contributed by atoms with Gasteiger partial charge in [0.1, 0.15) is 0 Å². The van der Waals surface area contributed by atoms with Crippen molar-refractivity contribution in [1.82, 2.24) is 14.7 Å². The predicted molar refractivity (Wildman–Crippen MR) is 89.0 cm³/mol. The van der Waals surface area contributed by atoms with Crippen LogP contribution in [0, 0.1) is 0 Å². The number of likely N-dealkylation sites (N-methyl/N-ethyl adjacent to an activating group) is 1. The molecule has 0 amide bonds. The first kappa shape index (κ1) is 17.7. The number of nitrogens with zero attached hydrogens (tertiary/aromatic N) is 3. The molecule has 20 heavy (non-hydrogen) atoms. The van der Waals surface area contributed by atoms with Crippen molar-refractivity contribution >= 4 is 15.9 Å². The third kappa shape index (κ3) is 3.10. The topological polar surface area (TPSA) is 47.1 Å². The molecule has 0 bridgehead atoms. The molecule has 1 rings (SSSR count). The minimum atomic E-state index is 0.0378. The van der Waals surface area contributed by atoms with Crippen molar-refractivity contribution in [3.63, 3.8) is 0 Å². The lowest BCUT2D eigenvalue weighted by Gasteiger charge is -2.43. The van der Waals surface area contributed by atoms with E-state index in [2.05, 4.69) is 60.8 Å². The van der Waals surface area contributed by atoms with Crippen LogP contribution in [0.15, 0.2) is 4.47 Å². The summed E-state index contributed by atoms with van der Waals surface area (Å²) in [5.74, 6) is 0. The molecule has 0 saturated heterocycles. The van der Waals surface area contributed by atoms with E-state index in [1.165, 1.54) is 5.69 Å². The molecule has 0 aromatic carbocycles. The Bertz CT molecular complexity index is 435. The molecule has 0 saturated carbocycles. The van der Waals surface area contributed by atoms with Crippen LogP contribution in [0.4, 0.5) is 0 Å². The van der Waals surface area contributed by atoms with Gasteiger partial charge < -0.3 is 10.6 Å². The monoisotopic (exact) mass is 344 g/mol. The zero-order chi connectivity index (χ0) is 15.5. The summed E-state index contributed by atoms with van der Waals surface area (Å²) in [6.45, 7) is 6.57. The average molecular weight is 345 g/mol. The first-order valence-electron chi connectivity index (χ1n) is 7.47. The van der Waals surface area contributed by atoms with Gasteiger partial charge in [0.05, 0.1) is 15.9 Å². The normalized spacial score (nSPS) is 14.1. The Morgan fingerprint density at radius 3 is 2.20 bits per heavy atom. The predicted octanol–water partition coefficient (Wildman–Crippen LogP) is 2.74. The molecular formula is C15H29BrN4. The fourth-order valence-electron chi connectivity index (χ4n) is 3.18. The number of rotatable bonds is 7. The summed E-state index contributed by atoms with van der Waals surface area (Å²) in [6.07, 6.45) is 3.87. The summed E-state index contributed by atoms with van der Waals surface area (Å²) in [7, 11) is 6.26. The van der Waals surface area contributed by atoms with Gasteiger partial charge in [0.25, 0.3) is 0 Å². The van der Waals surface area contributed by atoms with E-state index < -0.39 is 0 Å². The lowest BCUT2D eigenvalue weighted by molar-refractivity contribution is 0.105. The van der Waals surface area contributed by atoms with E-state index in [1.54, 1.807) is 0 Å². The Kier molecular flexibility index (Phi) is 6.23. The summed E-state index contributed by atoms with van der Waals surface area (Å²) < 4.78 is 3.09. The zero-order valence-electron chi connectivity index (χ0n) is 13.7. The lowest BCUT2D eigenvalue weighted by Crippen LogP contribution is -2.57. The highest BCUT2D eigenvalue weighted by molar-refractivity contribution is 9.10. The second-order valence-corrected chi connectivity index (χ2v) is 6.49. The fraction of sp³-hybridized carbons (Fsp3) is 0.800. The van der Waals surface area contributed by atoms with Gasteiger partial charge in [-0.3, -0.25) is 4.68 Å². The largest absolute Gasteiger partial charge is 0.326 e. The highest BCUT2D eigenvalue weighted by atomic mass is 79.9. The summed E-state index contributed by atoms with van der Waals surface area (Å²) in [5, 5.41) is 4.56. The van der Waals surface area contributed by atoms with Gasteiger partial charge in [0.15, 0.2) is 0 Å². The van der Waals surface area contributed by atoms with Gasteiger partial charge in [-0.05, 0) is 49.3 Å². The molecule has 116 valence electrons. The molecule has 1 atom stereocenters. The van der Waals surface area contributed by atoms with Crippen LogP contribution in [0.5, 0.6) is 0 Å². The standard InChI is InChI=1S/C15H29BrN4/c1-7-11-14(16)12(20(6)18-11)10-13(17)15(8-2,9-3)19(4)5/h13H,7-10,17H2,1-6H3. The van der Waals surface area contributed by atoms with Crippen LogP contribution in [-0.4, -0.2) is 40.4 Å². The molecule has 0 aliphatic heterocycles. The van der Waals surface area contributed by atoms with Crippen LogP contribution in [0.25, 0.3) is 0 Å². The quantitative estimate of drug-likeness (QED) is 0.827. The van der Waals surface area contributed by atoms with Crippen LogP contribution in [0.3, 0.4) is 0 Å². The Hall–Kier alpha value is -0.390. The third-order valence-corrected chi connectivity index (χ3v) is 5.64. The van der Waals surface area contributed by atoms with E-state index in [9.17, 15) is 0 Å². The molecule has 0 aliphatic carbocycles. The number of hydrogen-bond donors (Lipinski definition) is 1. The summed E-state index contributed by atoms with van der Waals surface area (Å²) in [6, 6.07) is 0.0870. The molecule has 0 radical (unpaired) electrons. The molecule has 1 aromatic rings. The molecule has 0 aliphatic rings. The van der Waals surface area contributed by atoms with Crippen LogP contribution in [-0.2, 0) is 19.9 Å². The Labute approximate surface area is 131 Å². The first-order chi connectivity index (χ1) is 9.33. The zero-order valence-corrected chi connectivity index (χ0v) is 15.3. The van der Waals surface area contributed by atoms with Crippen LogP contribution in [0.2, 0.25) is 0 Å². The molecule has 0 fully saturated rings. The second kappa shape index (κ2) is 7.05. The van der Waals surface area contributed by atoms with Gasteiger partial charge in [-0.2, -0.15) is 5.10 Å². The summed E-state index contributed by atoms with van der Waals surface area (Å²) in [5.41, 5.74) is 8.94. The summed E-state index contributed by atoms with van der Waals surface area (Å²) >= 11 is 3.69.